The van der Waals surface area contributed by atoms with Gasteiger partial charge in [-0.15, -0.1) is 11.3 Å². The van der Waals surface area contributed by atoms with Gasteiger partial charge < -0.3 is 25.0 Å². The Morgan fingerprint density at radius 3 is 2.64 bits per heavy atom. The number of anilines is 1. The molecule has 174 valence electrons. The van der Waals surface area contributed by atoms with Crippen molar-refractivity contribution in [3.63, 3.8) is 0 Å². The van der Waals surface area contributed by atoms with Crippen molar-refractivity contribution in [2.45, 2.75) is 36.9 Å². The van der Waals surface area contributed by atoms with Crippen LogP contribution in [0.2, 0.25) is 5.02 Å². The highest BCUT2D eigenvalue weighted by Gasteiger charge is 2.45. The Labute approximate surface area is 201 Å². The van der Waals surface area contributed by atoms with Crippen LogP contribution >= 0.6 is 22.9 Å². The Hall–Kier alpha value is -2.36. The van der Waals surface area contributed by atoms with Gasteiger partial charge in [0.25, 0.3) is 0 Å². The van der Waals surface area contributed by atoms with E-state index in [2.05, 4.69) is 21.7 Å². The maximum atomic E-state index is 9.86. The second-order valence-corrected chi connectivity index (χ2v) is 10.3. The number of aliphatic hydroxyl groups excluding tert-OH is 2. The molecule has 2 aliphatic rings. The van der Waals surface area contributed by atoms with Crippen LogP contribution in [0.5, 0.6) is 11.5 Å². The summed E-state index contributed by atoms with van der Waals surface area (Å²) in [7, 11) is 0. The molecule has 3 aromatic rings. The van der Waals surface area contributed by atoms with Crippen LogP contribution in [0.1, 0.15) is 41.8 Å². The molecule has 1 aliphatic heterocycles. The Balaban J connectivity index is 1.42. The predicted octanol–water partition coefficient (Wildman–Crippen LogP) is 4.05. The van der Waals surface area contributed by atoms with Gasteiger partial charge in [-0.2, -0.15) is 0 Å². The number of benzene rings is 2. The van der Waals surface area contributed by atoms with Gasteiger partial charge in [0.2, 0.25) is 6.79 Å². The first-order valence-corrected chi connectivity index (χ1v) is 12.0. The lowest BCUT2D eigenvalue weighted by atomic mass is 9.99. The zero-order valence-electron chi connectivity index (χ0n) is 18.2. The molecule has 0 radical (unpaired) electrons. The topological polar surface area (TPSA) is 95.9 Å². The van der Waals surface area contributed by atoms with E-state index in [0.29, 0.717) is 5.02 Å². The monoisotopic (exact) mass is 487 g/mol. The van der Waals surface area contributed by atoms with Crippen molar-refractivity contribution in [2.24, 2.45) is 0 Å². The molecule has 33 heavy (non-hydrogen) atoms. The number of nitrogens with one attached hydrogen (secondary N) is 2. The smallest absolute Gasteiger partial charge is 0.231 e. The average Bonchev–Trinajstić information content (AvgIpc) is 3.23. The summed E-state index contributed by atoms with van der Waals surface area (Å²) >= 11 is 8.05. The zero-order valence-corrected chi connectivity index (χ0v) is 19.7. The Morgan fingerprint density at radius 1 is 1.15 bits per heavy atom. The third-order valence-corrected chi connectivity index (χ3v) is 7.56. The van der Waals surface area contributed by atoms with Crippen molar-refractivity contribution >= 4 is 28.1 Å². The summed E-state index contributed by atoms with van der Waals surface area (Å²) in [6.07, 6.45) is 3.82. The fourth-order valence-electron chi connectivity index (χ4n) is 3.99. The van der Waals surface area contributed by atoms with E-state index in [0.717, 1.165) is 45.5 Å². The fourth-order valence-corrected chi connectivity index (χ4v) is 5.22. The molecule has 4 N–H and O–H groups in total. The molecule has 1 atom stereocenters. The van der Waals surface area contributed by atoms with E-state index in [1.165, 1.54) is 11.3 Å². The van der Waals surface area contributed by atoms with Crippen LogP contribution in [0.3, 0.4) is 0 Å². The lowest BCUT2D eigenvalue weighted by Gasteiger charge is -2.32. The van der Waals surface area contributed by atoms with Crippen LogP contribution in [-0.2, 0) is 5.54 Å². The summed E-state index contributed by atoms with van der Waals surface area (Å²) in [5.74, 6) is 1.55. The molecule has 2 aromatic carbocycles. The third-order valence-electron chi connectivity index (χ3n) is 6.24. The van der Waals surface area contributed by atoms with Crippen LogP contribution < -0.4 is 20.1 Å². The van der Waals surface area contributed by atoms with Crippen molar-refractivity contribution in [2.75, 3.05) is 25.3 Å². The van der Waals surface area contributed by atoms with Crippen LogP contribution in [0.4, 0.5) is 5.13 Å². The highest BCUT2D eigenvalue weighted by molar-refractivity contribution is 7.15. The second-order valence-electron chi connectivity index (χ2n) is 8.82. The number of hydrogen-bond acceptors (Lipinski definition) is 8. The SMILES string of the molecule is CC(CO)(CO)NC(c1cnc(NC2(c3ccc4c(c3)OCO4)CC2)s1)c1ccccc1Cl. The summed E-state index contributed by atoms with van der Waals surface area (Å²) in [6, 6.07) is 13.3. The van der Waals surface area contributed by atoms with E-state index in [4.69, 9.17) is 21.1 Å². The molecule has 0 spiro atoms. The molecule has 7 nitrogen and oxygen atoms in total. The molecule has 1 fully saturated rings. The molecule has 5 rings (SSSR count). The van der Waals surface area contributed by atoms with Crippen molar-refractivity contribution in [1.82, 2.24) is 10.3 Å². The quantitative estimate of drug-likeness (QED) is 0.361. The van der Waals surface area contributed by atoms with E-state index in [-0.39, 0.29) is 31.6 Å². The van der Waals surface area contributed by atoms with Gasteiger partial charge in [-0.3, -0.25) is 5.32 Å². The van der Waals surface area contributed by atoms with Gasteiger partial charge in [0.1, 0.15) is 0 Å². The second kappa shape index (κ2) is 8.77. The van der Waals surface area contributed by atoms with Crippen LogP contribution in [-0.4, -0.2) is 40.7 Å². The predicted molar refractivity (Wildman–Crippen MR) is 128 cm³/mol. The molecule has 9 heteroatoms. The van der Waals surface area contributed by atoms with Crippen LogP contribution in [0.25, 0.3) is 0 Å². The summed E-state index contributed by atoms with van der Waals surface area (Å²) in [4.78, 5) is 5.57. The molecule has 1 aliphatic carbocycles. The van der Waals surface area contributed by atoms with Gasteiger partial charge in [0, 0.05) is 16.1 Å². The first-order valence-electron chi connectivity index (χ1n) is 10.8. The first kappa shape index (κ1) is 22.4. The van der Waals surface area contributed by atoms with Crippen LogP contribution in [0, 0.1) is 0 Å². The zero-order chi connectivity index (χ0) is 23.1. The average molecular weight is 488 g/mol. The summed E-state index contributed by atoms with van der Waals surface area (Å²) in [5, 5.41) is 28.1. The molecule has 0 saturated heterocycles. The first-order chi connectivity index (χ1) is 16.0. The number of aromatic nitrogens is 1. The number of hydrogen-bond donors (Lipinski definition) is 4. The maximum Gasteiger partial charge on any atom is 0.231 e. The van der Waals surface area contributed by atoms with Gasteiger partial charge in [-0.05, 0) is 49.1 Å². The summed E-state index contributed by atoms with van der Waals surface area (Å²) in [6.45, 7) is 1.59. The van der Waals surface area contributed by atoms with Crippen molar-refractivity contribution in [3.8, 4) is 11.5 Å². The van der Waals surface area contributed by atoms with Crippen molar-refractivity contribution in [3.05, 3.63) is 69.7 Å². The molecule has 1 aromatic heterocycles. The maximum absolute atomic E-state index is 9.86. The van der Waals surface area contributed by atoms with E-state index in [1.54, 1.807) is 6.92 Å². The van der Waals surface area contributed by atoms with Crippen molar-refractivity contribution < 1.29 is 19.7 Å². The minimum atomic E-state index is -0.883. The molecular weight excluding hydrogens is 462 g/mol. The molecule has 2 heterocycles. The lowest BCUT2D eigenvalue weighted by molar-refractivity contribution is 0.0981. The normalized spacial score (nSPS) is 17.1. The molecule has 0 amide bonds. The van der Waals surface area contributed by atoms with Gasteiger partial charge in [0.15, 0.2) is 16.6 Å². The van der Waals surface area contributed by atoms with Gasteiger partial charge >= 0.3 is 0 Å². The van der Waals surface area contributed by atoms with E-state index >= 15 is 0 Å². The Kier molecular flexibility index (Phi) is 5.96. The number of nitrogens with zero attached hydrogens (tertiary/aromatic N) is 1. The minimum Gasteiger partial charge on any atom is -0.454 e. The van der Waals surface area contributed by atoms with Gasteiger partial charge in [-0.25, -0.2) is 4.98 Å². The number of halogens is 1. The fraction of sp³-hybridized carbons (Fsp3) is 0.375. The van der Waals surface area contributed by atoms with E-state index in [1.807, 2.05) is 42.6 Å². The van der Waals surface area contributed by atoms with Gasteiger partial charge in [-0.1, -0.05) is 35.9 Å². The van der Waals surface area contributed by atoms with E-state index in [9.17, 15) is 10.2 Å². The standard InChI is InChI=1S/C24H26ClN3O4S/c1-23(12-29,13-30)27-21(16-4-2-3-5-17(16)25)20-11-26-22(33-20)28-24(8-9-24)15-6-7-18-19(10-15)32-14-31-18/h2-7,10-11,21,27,29-30H,8-9,12-14H2,1H3,(H,26,28). The molecule has 0 bridgehead atoms. The van der Waals surface area contributed by atoms with E-state index < -0.39 is 5.54 Å². The molecule has 1 unspecified atom stereocenters. The number of fused-ring (bicyclic) bond motifs is 1. The lowest BCUT2D eigenvalue weighted by Crippen LogP contribution is -2.50. The Morgan fingerprint density at radius 2 is 1.91 bits per heavy atom. The number of rotatable bonds is 9. The van der Waals surface area contributed by atoms with Crippen molar-refractivity contribution in [1.29, 1.82) is 0 Å². The minimum absolute atomic E-state index is 0.172. The number of aliphatic hydroxyl groups is 2. The van der Waals surface area contributed by atoms with Gasteiger partial charge in [0.05, 0.1) is 30.3 Å². The molecule has 1 saturated carbocycles. The third kappa shape index (κ3) is 4.41. The number of thiazole rings is 1. The summed E-state index contributed by atoms with van der Waals surface area (Å²) in [5.41, 5.74) is 0.955. The largest absolute Gasteiger partial charge is 0.454 e. The number of ether oxygens (including phenoxy) is 2. The highest BCUT2D eigenvalue weighted by Crippen LogP contribution is 2.51. The molecular formula is C24H26ClN3O4S. The van der Waals surface area contributed by atoms with Crippen LogP contribution in [0.15, 0.2) is 48.7 Å². The highest BCUT2D eigenvalue weighted by atomic mass is 35.5. The summed E-state index contributed by atoms with van der Waals surface area (Å²) < 4.78 is 11.0. The Bertz CT molecular complexity index is 1150.